The third-order valence-electron chi connectivity index (χ3n) is 1.89. The molecule has 0 radical (unpaired) electrons. The van der Waals surface area contributed by atoms with E-state index in [-0.39, 0.29) is 5.91 Å². The zero-order chi connectivity index (χ0) is 8.55. The van der Waals surface area contributed by atoms with Crippen molar-refractivity contribution in [1.82, 2.24) is 10.4 Å². The Morgan fingerprint density at radius 3 is 3.08 bits per heavy atom. The third kappa shape index (κ3) is 1.08. The average molecular weight is 167 g/mol. The summed E-state index contributed by atoms with van der Waals surface area (Å²) in [5, 5.41) is 0. The summed E-state index contributed by atoms with van der Waals surface area (Å²) < 4.78 is 5.08. The fourth-order valence-electron chi connectivity index (χ4n) is 1.13. The number of aromatic nitrogens is 1. The van der Waals surface area contributed by atoms with Crippen LogP contribution < -0.4 is 11.3 Å². The number of hydrogen-bond donors (Lipinski definition) is 2. The van der Waals surface area contributed by atoms with E-state index in [0.29, 0.717) is 17.4 Å². The van der Waals surface area contributed by atoms with Crippen molar-refractivity contribution in [2.24, 2.45) is 5.84 Å². The van der Waals surface area contributed by atoms with Gasteiger partial charge in [0.05, 0.1) is 0 Å². The molecule has 1 saturated carbocycles. The molecule has 5 heteroatoms. The van der Waals surface area contributed by atoms with Gasteiger partial charge in [-0.25, -0.2) is 10.8 Å². The lowest BCUT2D eigenvalue weighted by molar-refractivity contribution is 0.0947. The second-order valence-electron chi connectivity index (χ2n) is 2.81. The minimum atomic E-state index is -0.384. The normalized spacial score (nSPS) is 16.1. The predicted octanol–water partition coefficient (Wildman–Crippen LogP) is 0.155. The molecule has 3 N–H and O–H groups in total. The molecule has 1 aliphatic carbocycles. The van der Waals surface area contributed by atoms with Crippen LogP contribution in [-0.2, 0) is 0 Å². The van der Waals surface area contributed by atoms with E-state index in [2.05, 4.69) is 4.98 Å². The molecule has 1 aromatic heterocycles. The Balaban J connectivity index is 2.29. The molecule has 2 rings (SSSR count). The van der Waals surface area contributed by atoms with Crippen LogP contribution in [0.5, 0.6) is 0 Å². The topological polar surface area (TPSA) is 81.1 Å². The first kappa shape index (κ1) is 7.30. The number of rotatable bonds is 2. The second kappa shape index (κ2) is 2.60. The SMILES string of the molecule is NNC(=O)c1ncoc1C1CC1. The van der Waals surface area contributed by atoms with Crippen molar-refractivity contribution in [3.8, 4) is 0 Å². The maximum atomic E-state index is 11.1. The van der Waals surface area contributed by atoms with Crippen LogP contribution in [0.15, 0.2) is 10.8 Å². The van der Waals surface area contributed by atoms with Crippen LogP contribution in [0.3, 0.4) is 0 Å². The summed E-state index contributed by atoms with van der Waals surface area (Å²) in [7, 11) is 0. The molecule has 0 atom stereocenters. The van der Waals surface area contributed by atoms with Crippen molar-refractivity contribution in [2.75, 3.05) is 0 Å². The number of nitrogens with zero attached hydrogens (tertiary/aromatic N) is 1. The molecular formula is C7H9N3O2. The minimum absolute atomic E-state index is 0.319. The van der Waals surface area contributed by atoms with Crippen molar-refractivity contribution < 1.29 is 9.21 Å². The summed E-state index contributed by atoms with van der Waals surface area (Å²) in [6.45, 7) is 0. The van der Waals surface area contributed by atoms with Crippen molar-refractivity contribution in [3.63, 3.8) is 0 Å². The van der Waals surface area contributed by atoms with Gasteiger partial charge in [0.15, 0.2) is 12.1 Å². The molecule has 0 aromatic carbocycles. The molecule has 0 unspecified atom stereocenters. The number of hydrogen-bond acceptors (Lipinski definition) is 4. The van der Waals surface area contributed by atoms with Gasteiger partial charge in [0, 0.05) is 5.92 Å². The first-order valence-electron chi connectivity index (χ1n) is 3.77. The van der Waals surface area contributed by atoms with Crippen molar-refractivity contribution in [3.05, 3.63) is 17.8 Å². The standard InChI is InChI=1S/C7H9N3O2/c8-10-7(11)5-6(4-1-2-4)12-3-9-5/h3-4H,1-2,8H2,(H,10,11). The Bertz CT molecular complexity index is 303. The van der Waals surface area contributed by atoms with Crippen LogP contribution in [0.4, 0.5) is 0 Å². The van der Waals surface area contributed by atoms with Crippen molar-refractivity contribution in [1.29, 1.82) is 0 Å². The summed E-state index contributed by atoms with van der Waals surface area (Å²) in [5.74, 6) is 5.63. The van der Waals surface area contributed by atoms with Gasteiger partial charge in [0.25, 0.3) is 5.91 Å². The number of hydrazine groups is 1. The highest BCUT2D eigenvalue weighted by Gasteiger charge is 2.32. The molecule has 1 heterocycles. The molecule has 0 aliphatic heterocycles. The highest BCUT2D eigenvalue weighted by atomic mass is 16.3. The Hall–Kier alpha value is -1.36. The second-order valence-corrected chi connectivity index (χ2v) is 2.81. The first-order chi connectivity index (χ1) is 5.83. The average Bonchev–Trinajstić information content (AvgIpc) is 2.83. The Morgan fingerprint density at radius 2 is 2.50 bits per heavy atom. The van der Waals surface area contributed by atoms with Crippen LogP contribution in [0.1, 0.15) is 35.0 Å². The molecule has 1 aromatic rings. The van der Waals surface area contributed by atoms with Gasteiger partial charge in [-0.2, -0.15) is 0 Å². The van der Waals surface area contributed by atoms with Gasteiger partial charge in [-0.15, -0.1) is 0 Å². The lowest BCUT2D eigenvalue weighted by Crippen LogP contribution is -2.30. The van der Waals surface area contributed by atoms with E-state index in [1.165, 1.54) is 6.39 Å². The predicted molar refractivity (Wildman–Crippen MR) is 40.1 cm³/mol. The van der Waals surface area contributed by atoms with Gasteiger partial charge in [-0.05, 0) is 12.8 Å². The van der Waals surface area contributed by atoms with Gasteiger partial charge in [-0.1, -0.05) is 0 Å². The van der Waals surface area contributed by atoms with Crippen molar-refractivity contribution >= 4 is 5.91 Å². The van der Waals surface area contributed by atoms with E-state index in [4.69, 9.17) is 10.3 Å². The lowest BCUT2D eigenvalue weighted by atomic mass is 10.2. The third-order valence-corrected chi connectivity index (χ3v) is 1.89. The van der Waals surface area contributed by atoms with Crippen LogP contribution in [0, 0.1) is 0 Å². The monoisotopic (exact) mass is 167 g/mol. The number of nitrogens with one attached hydrogen (secondary N) is 1. The summed E-state index contributed by atoms with van der Waals surface area (Å²) in [5.41, 5.74) is 2.35. The highest BCUT2D eigenvalue weighted by Crippen LogP contribution is 2.41. The van der Waals surface area contributed by atoms with E-state index in [9.17, 15) is 4.79 Å². The zero-order valence-corrected chi connectivity index (χ0v) is 6.41. The number of carbonyl (C=O) groups is 1. The molecular weight excluding hydrogens is 158 g/mol. The van der Waals surface area contributed by atoms with Gasteiger partial charge in [-0.3, -0.25) is 10.2 Å². The van der Waals surface area contributed by atoms with Gasteiger partial charge < -0.3 is 4.42 Å². The van der Waals surface area contributed by atoms with Crippen molar-refractivity contribution in [2.45, 2.75) is 18.8 Å². The van der Waals surface area contributed by atoms with E-state index in [0.717, 1.165) is 12.8 Å². The van der Waals surface area contributed by atoms with E-state index in [1.54, 1.807) is 0 Å². The van der Waals surface area contributed by atoms with Gasteiger partial charge >= 0.3 is 0 Å². The van der Waals surface area contributed by atoms with Crippen LogP contribution >= 0.6 is 0 Å². The lowest BCUT2D eigenvalue weighted by Gasteiger charge is -1.95. The maximum Gasteiger partial charge on any atom is 0.287 e. The number of nitrogen functional groups attached to an aromatic ring is 1. The van der Waals surface area contributed by atoms with Crippen LogP contribution in [0.25, 0.3) is 0 Å². The Morgan fingerprint density at radius 1 is 1.75 bits per heavy atom. The van der Waals surface area contributed by atoms with Crippen LogP contribution in [0.2, 0.25) is 0 Å². The number of amides is 1. The zero-order valence-electron chi connectivity index (χ0n) is 6.41. The smallest absolute Gasteiger partial charge is 0.287 e. The maximum absolute atomic E-state index is 11.1. The molecule has 5 nitrogen and oxygen atoms in total. The summed E-state index contributed by atoms with van der Waals surface area (Å²) in [6, 6.07) is 0. The Kier molecular flexibility index (Phi) is 1.58. The first-order valence-corrected chi connectivity index (χ1v) is 3.77. The van der Waals surface area contributed by atoms with E-state index < -0.39 is 0 Å². The molecule has 1 fully saturated rings. The quantitative estimate of drug-likeness (QED) is 0.373. The largest absolute Gasteiger partial charge is 0.447 e. The molecule has 0 spiro atoms. The summed E-state index contributed by atoms with van der Waals surface area (Å²) >= 11 is 0. The van der Waals surface area contributed by atoms with E-state index in [1.807, 2.05) is 5.43 Å². The number of oxazole rings is 1. The van der Waals surface area contributed by atoms with Gasteiger partial charge in [0.1, 0.15) is 5.76 Å². The molecule has 0 bridgehead atoms. The fraction of sp³-hybridized carbons (Fsp3) is 0.429. The molecule has 12 heavy (non-hydrogen) atoms. The molecule has 1 aliphatic rings. The Labute approximate surface area is 68.9 Å². The molecule has 64 valence electrons. The molecule has 0 saturated heterocycles. The molecule has 1 amide bonds. The minimum Gasteiger partial charge on any atom is -0.447 e. The number of nitrogens with two attached hydrogens (primary N) is 1. The summed E-state index contributed by atoms with van der Waals surface area (Å²) in [6.07, 6.45) is 3.41. The van der Waals surface area contributed by atoms with Crippen LogP contribution in [-0.4, -0.2) is 10.9 Å². The number of carbonyl (C=O) groups excluding carboxylic acids is 1. The van der Waals surface area contributed by atoms with E-state index >= 15 is 0 Å². The van der Waals surface area contributed by atoms with Gasteiger partial charge in [0.2, 0.25) is 0 Å². The summed E-state index contributed by atoms with van der Waals surface area (Å²) in [4.78, 5) is 14.9. The fourth-order valence-corrected chi connectivity index (χ4v) is 1.13. The highest BCUT2D eigenvalue weighted by molar-refractivity contribution is 5.92.